The quantitative estimate of drug-likeness (QED) is 0.257. The molecule has 4 rings (SSSR count). The van der Waals surface area contributed by atoms with Crippen LogP contribution in [0.25, 0.3) is 0 Å². The average Bonchev–Trinajstić information content (AvgIpc) is 2.85. The van der Waals surface area contributed by atoms with Crippen LogP contribution >= 0.6 is 21.6 Å². The second kappa shape index (κ2) is 9.81. The van der Waals surface area contributed by atoms with Crippen molar-refractivity contribution in [1.29, 1.82) is 0 Å². The Bertz CT molecular complexity index is 1160. The zero-order valence-electron chi connectivity index (χ0n) is 19.9. The van der Waals surface area contributed by atoms with E-state index in [0.29, 0.717) is 0 Å². The number of rotatable bonds is 7. The van der Waals surface area contributed by atoms with Crippen molar-refractivity contribution in [2.75, 3.05) is 0 Å². The molecule has 0 aliphatic heterocycles. The van der Waals surface area contributed by atoms with Crippen LogP contribution < -0.4 is 0 Å². The highest BCUT2D eigenvalue weighted by atomic mass is 33.1. The summed E-state index contributed by atoms with van der Waals surface area (Å²) in [6, 6.07) is 32.4. The number of aromatic hydroxyl groups is 2. The number of phenols is 2. The first-order chi connectivity index (χ1) is 16.2. The lowest BCUT2D eigenvalue weighted by molar-refractivity contribution is 0.460. The molecule has 0 saturated heterocycles. The van der Waals surface area contributed by atoms with Gasteiger partial charge in [0.2, 0.25) is 0 Å². The van der Waals surface area contributed by atoms with Gasteiger partial charge >= 0.3 is 0 Å². The van der Waals surface area contributed by atoms with Gasteiger partial charge in [-0.15, -0.1) is 0 Å². The summed E-state index contributed by atoms with van der Waals surface area (Å²) in [5.41, 5.74) is 4.30. The third-order valence-electron chi connectivity index (χ3n) is 6.58. The van der Waals surface area contributed by atoms with Gasteiger partial charge in [-0.05, 0) is 68.1 Å². The predicted octanol–water partition coefficient (Wildman–Crippen LogP) is 8.55. The Morgan fingerprint density at radius 2 is 0.824 bits per heavy atom. The maximum Gasteiger partial charge on any atom is 0.130 e. The number of hydrogen-bond donors (Lipinski definition) is 2. The van der Waals surface area contributed by atoms with Crippen LogP contribution in [0.15, 0.2) is 107 Å². The lowest BCUT2D eigenvalue weighted by Gasteiger charge is -2.27. The topological polar surface area (TPSA) is 40.5 Å². The molecule has 34 heavy (non-hydrogen) atoms. The third kappa shape index (κ3) is 4.98. The number of hydrogen-bond acceptors (Lipinski definition) is 4. The Morgan fingerprint density at radius 1 is 0.471 bits per heavy atom. The second-order valence-electron chi connectivity index (χ2n) is 9.51. The van der Waals surface area contributed by atoms with Crippen molar-refractivity contribution in [1.82, 2.24) is 0 Å². The first-order valence-corrected chi connectivity index (χ1v) is 13.5. The summed E-state index contributed by atoms with van der Waals surface area (Å²) in [6.45, 7) is 8.77. The number of phenolic OH excluding ortho intramolecular Hbond substituents is 2. The SMILES string of the molecule is CC(C)(c1ccccc1)c1ccc(O)c(SSc2cc(C(C)(C)c3ccccc3)ccc2O)c1. The Morgan fingerprint density at radius 3 is 1.18 bits per heavy atom. The largest absolute Gasteiger partial charge is 0.507 e. The van der Waals surface area contributed by atoms with Gasteiger partial charge in [0.05, 0.1) is 9.79 Å². The Balaban J connectivity index is 1.60. The van der Waals surface area contributed by atoms with E-state index < -0.39 is 0 Å². The summed E-state index contributed by atoms with van der Waals surface area (Å²) in [6.07, 6.45) is 0. The molecule has 4 heteroatoms. The molecule has 174 valence electrons. The van der Waals surface area contributed by atoms with Crippen LogP contribution in [0.2, 0.25) is 0 Å². The molecule has 4 aromatic rings. The van der Waals surface area contributed by atoms with Crippen LogP contribution in [0.3, 0.4) is 0 Å². The van der Waals surface area contributed by atoms with Gasteiger partial charge in [0.25, 0.3) is 0 Å². The molecule has 2 N–H and O–H groups in total. The van der Waals surface area contributed by atoms with Crippen LogP contribution in [0.1, 0.15) is 49.9 Å². The van der Waals surface area contributed by atoms with Crippen molar-refractivity contribution in [3.63, 3.8) is 0 Å². The zero-order chi connectivity index (χ0) is 24.3. The molecule has 0 radical (unpaired) electrons. The van der Waals surface area contributed by atoms with Gasteiger partial charge in [-0.2, -0.15) is 0 Å². The summed E-state index contributed by atoms with van der Waals surface area (Å²) in [7, 11) is 2.92. The van der Waals surface area contributed by atoms with Gasteiger partial charge in [0.15, 0.2) is 0 Å². The molecule has 0 atom stereocenters. The van der Waals surface area contributed by atoms with Gasteiger partial charge in [0.1, 0.15) is 11.5 Å². The Hall–Kier alpha value is -2.82. The predicted molar refractivity (Wildman–Crippen MR) is 145 cm³/mol. The monoisotopic (exact) mass is 486 g/mol. The van der Waals surface area contributed by atoms with Crippen molar-refractivity contribution < 1.29 is 10.2 Å². The second-order valence-corrected chi connectivity index (χ2v) is 11.7. The summed E-state index contributed by atoms with van der Waals surface area (Å²) >= 11 is 0. The minimum Gasteiger partial charge on any atom is -0.507 e. The van der Waals surface area contributed by atoms with Crippen molar-refractivity contribution in [3.05, 3.63) is 119 Å². The lowest BCUT2D eigenvalue weighted by Crippen LogP contribution is -2.18. The molecular weight excluding hydrogens is 456 g/mol. The van der Waals surface area contributed by atoms with E-state index in [1.165, 1.54) is 32.7 Å². The van der Waals surface area contributed by atoms with Crippen molar-refractivity contribution in [3.8, 4) is 11.5 Å². The maximum atomic E-state index is 10.6. The van der Waals surface area contributed by atoms with Crippen LogP contribution in [0.4, 0.5) is 0 Å². The highest BCUT2D eigenvalue weighted by molar-refractivity contribution is 8.76. The van der Waals surface area contributed by atoms with Crippen LogP contribution in [0, 0.1) is 0 Å². The molecule has 0 amide bonds. The minimum absolute atomic E-state index is 0.198. The zero-order valence-corrected chi connectivity index (χ0v) is 21.6. The first kappa shape index (κ1) is 24.3. The molecule has 0 aromatic heterocycles. The molecule has 4 aromatic carbocycles. The van der Waals surface area contributed by atoms with Gasteiger partial charge in [0, 0.05) is 10.8 Å². The average molecular weight is 487 g/mol. The smallest absolute Gasteiger partial charge is 0.130 e. The van der Waals surface area contributed by atoms with Gasteiger partial charge < -0.3 is 10.2 Å². The van der Waals surface area contributed by atoms with Crippen LogP contribution in [0.5, 0.6) is 11.5 Å². The highest BCUT2D eigenvalue weighted by Crippen LogP contribution is 2.47. The maximum absolute atomic E-state index is 10.6. The molecule has 0 bridgehead atoms. The fraction of sp³-hybridized carbons (Fsp3) is 0.200. The lowest BCUT2D eigenvalue weighted by atomic mass is 9.78. The molecule has 0 fully saturated rings. The first-order valence-electron chi connectivity index (χ1n) is 11.3. The van der Waals surface area contributed by atoms with E-state index in [2.05, 4.69) is 88.4 Å². The van der Waals surface area contributed by atoms with E-state index in [1.807, 2.05) is 24.3 Å². The van der Waals surface area contributed by atoms with Crippen molar-refractivity contribution >= 4 is 21.6 Å². The summed E-state index contributed by atoms with van der Waals surface area (Å²) in [5, 5.41) is 21.1. The minimum atomic E-state index is -0.198. The molecule has 0 heterocycles. The van der Waals surface area contributed by atoms with Crippen molar-refractivity contribution in [2.45, 2.75) is 48.3 Å². The van der Waals surface area contributed by atoms with E-state index in [0.717, 1.165) is 20.9 Å². The van der Waals surface area contributed by atoms with E-state index in [1.54, 1.807) is 12.1 Å². The van der Waals surface area contributed by atoms with E-state index in [-0.39, 0.29) is 22.3 Å². The van der Waals surface area contributed by atoms with Crippen LogP contribution in [-0.2, 0) is 10.8 Å². The van der Waals surface area contributed by atoms with Gasteiger partial charge in [-0.3, -0.25) is 0 Å². The molecule has 2 nitrogen and oxygen atoms in total. The fourth-order valence-corrected chi connectivity index (χ4v) is 6.25. The summed E-state index contributed by atoms with van der Waals surface area (Å²) in [5.74, 6) is 0.482. The van der Waals surface area contributed by atoms with Crippen molar-refractivity contribution in [2.24, 2.45) is 0 Å². The molecule has 0 aliphatic rings. The normalized spacial score (nSPS) is 12.0. The molecular formula is C30H30O2S2. The van der Waals surface area contributed by atoms with Gasteiger partial charge in [-0.25, -0.2) is 0 Å². The molecule has 0 unspecified atom stereocenters. The van der Waals surface area contributed by atoms with Crippen LogP contribution in [-0.4, -0.2) is 10.2 Å². The summed E-state index contributed by atoms with van der Waals surface area (Å²) in [4.78, 5) is 1.55. The fourth-order valence-electron chi connectivity index (χ4n) is 4.07. The number of benzene rings is 4. The Kier molecular flexibility index (Phi) is 7.01. The van der Waals surface area contributed by atoms with E-state index in [4.69, 9.17) is 0 Å². The third-order valence-corrected chi connectivity index (χ3v) is 9.00. The molecule has 0 spiro atoms. The van der Waals surface area contributed by atoms with E-state index in [9.17, 15) is 10.2 Å². The molecule has 0 saturated carbocycles. The highest BCUT2D eigenvalue weighted by Gasteiger charge is 2.25. The van der Waals surface area contributed by atoms with E-state index >= 15 is 0 Å². The standard InChI is InChI=1S/C30H30O2S2/c1-29(2,21-11-7-5-8-12-21)23-15-17-25(31)27(19-23)33-34-28-20-24(16-18-26(28)32)30(3,4)22-13-9-6-10-14-22/h5-20,31-32H,1-4H3. The summed E-state index contributed by atoms with van der Waals surface area (Å²) < 4.78 is 0. The Labute approximate surface area is 210 Å². The van der Waals surface area contributed by atoms with Gasteiger partial charge in [-0.1, -0.05) is 100 Å². The molecule has 0 aliphatic carbocycles.